The molecule has 9 heteroatoms. The van der Waals surface area contributed by atoms with Crippen molar-refractivity contribution in [3.63, 3.8) is 0 Å². The molecule has 1 aliphatic heterocycles. The first kappa shape index (κ1) is 17.5. The molecule has 1 atom stereocenters. The van der Waals surface area contributed by atoms with E-state index < -0.39 is 0 Å². The van der Waals surface area contributed by atoms with Gasteiger partial charge in [0.2, 0.25) is 11.9 Å². The van der Waals surface area contributed by atoms with E-state index in [4.69, 9.17) is 0 Å². The molecule has 0 saturated carbocycles. The van der Waals surface area contributed by atoms with E-state index >= 15 is 0 Å². The van der Waals surface area contributed by atoms with Gasteiger partial charge in [0, 0.05) is 25.3 Å². The summed E-state index contributed by atoms with van der Waals surface area (Å²) in [5.41, 5.74) is 1.85. The number of nitrogens with zero attached hydrogens (tertiary/aromatic N) is 5. The monoisotopic (exact) mass is 383 g/mol. The van der Waals surface area contributed by atoms with Gasteiger partial charge in [0.15, 0.2) is 5.82 Å². The number of carbonyl (C=O) groups is 1. The van der Waals surface area contributed by atoms with Crippen molar-refractivity contribution >= 4 is 39.7 Å². The van der Waals surface area contributed by atoms with Crippen molar-refractivity contribution in [2.24, 2.45) is 0 Å². The lowest BCUT2D eigenvalue weighted by molar-refractivity contribution is -0.127. The molecule has 3 aromatic heterocycles. The maximum Gasteiger partial charge on any atom is 0.248 e. The smallest absolute Gasteiger partial charge is 0.248 e. The van der Waals surface area contributed by atoms with Crippen LogP contribution in [0.1, 0.15) is 18.5 Å². The lowest BCUT2D eigenvalue weighted by atomic mass is 10.1. The second-order valence-electron chi connectivity index (χ2n) is 6.55. The van der Waals surface area contributed by atoms with E-state index in [-0.39, 0.29) is 11.9 Å². The molecule has 27 heavy (non-hydrogen) atoms. The van der Waals surface area contributed by atoms with Gasteiger partial charge >= 0.3 is 0 Å². The molecule has 4 heterocycles. The Hall–Kier alpha value is -2.94. The zero-order valence-corrected chi connectivity index (χ0v) is 15.9. The van der Waals surface area contributed by atoms with Gasteiger partial charge in [-0.1, -0.05) is 6.58 Å². The van der Waals surface area contributed by atoms with Crippen LogP contribution in [0, 0.1) is 6.92 Å². The fourth-order valence-electron chi connectivity index (χ4n) is 3.24. The summed E-state index contributed by atoms with van der Waals surface area (Å²) in [6, 6.07) is 6.00. The number of hydrogen-bond donors (Lipinski definition) is 2. The van der Waals surface area contributed by atoms with E-state index in [1.165, 1.54) is 17.6 Å². The van der Waals surface area contributed by atoms with Crippen molar-refractivity contribution in [1.82, 2.24) is 23.9 Å². The average Bonchev–Trinajstić information content (AvgIpc) is 3.30. The Morgan fingerprint density at radius 3 is 3.15 bits per heavy atom. The lowest BCUT2D eigenvalue weighted by Crippen LogP contribution is -2.44. The highest BCUT2D eigenvalue weighted by Gasteiger charge is 2.23. The van der Waals surface area contributed by atoms with E-state index in [0.717, 1.165) is 41.4 Å². The van der Waals surface area contributed by atoms with Crippen molar-refractivity contribution < 1.29 is 4.79 Å². The summed E-state index contributed by atoms with van der Waals surface area (Å²) in [5.74, 6) is 1.22. The fourth-order valence-corrected chi connectivity index (χ4v) is 3.90. The summed E-state index contributed by atoms with van der Waals surface area (Å²) < 4.78 is 6.06. The largest absolute Gasteiger partial charge is 0.364 e. The van der Waals surface area contributed by atoms with E-state index in [1.54, 1.807) is 4.52 Å². The molecule has 0 aliphatic carbocycles. The molecule has 0 aromatic carbocycles. The number of rotatable bonds is 5. The Labute approximate surface area is 161 Å². The number of carbonyl (C=O) groups excluding carboxylic acids is 1. The Morgan fingerprint density at radius 1 is 1.48 bits per heavy atom. The number of piperidine rings is 1. The molecular formula is C18H21N7OS. The summed E-state index contributed by atoms with van der Waals surface area (Å²) in [4.78, 5) is 18.4. The second-order valence-corrected chi connectivity index (χ2v) is 7.36. The van der Waals surface area contributed by atoms with Crippen LogP contribution in [0.25, 0.3) is 5.52 Å². The number of likely N-dealkylation sites (tertiary alicyclic amines) is 1. The first-order chi connectivity index (χ1) is 13.1. The summed E-state index contributed by atoms with van der Waals surface area (Å²) in [7, 11) is 0. The Balaban J connectivity index is 1.57. The van der Waals surface area contributed by atoms with Crippen LogP contribution >= 0.6 is 11.5 Å². The standard InChI is InChI=1S/C18H21N7OS/c1-3-16(26)24-8-4-6-13(11-24)19-17-14-7-5-9-25(14)22-18(21-17)20-15-10-12(2)23-27-15/h3,5,7,9-10,13H,1,4,6,8,11H2,2H3,(H2,19,20,21,22). The van der Waals surface area contributed by atoms with Crippen LogP contribution in [-0.4, -0.2) is 48.9 Å². The van der Waals surface area contributed by atoms with Gasteiger partial charge in [0.05, 0.1) is 5.69 Å². The highest BCUT2D eigenvalue weighted by molar-refractivity contribution is 7.10. The minimum Gasteiger partial charge on any atom is -0.364 e. The SMILES string of the molecule is C=CC(=O)N1CCCC(Nc2nc(Nc3cc(C)ns3)nn3cccc23)C1. The van der Waals surface area contributed by atoms with Crippen LogP contribution < -0.4 is 10.6 Å². The zero-order valence-electron chi connectivity index (χ0n) is 15.1. The molecule has 4 rings (SSSR count). The van der Waals surface area contributed by atoms with Crippen LogP contribution in [0.15, 0.2) is 37.1 Å². The Bertz CT molecular complexity index is 979. The number of hydrogen-bond acceptors (Lipinski definition) is 7. The molecule has 1 unspecified atom stereocenters. The van der Waals surface area contributed by atoms with Gasteiger partial charge in [0.1, 0.15) is 10.5 Å². The molecule has 0 bridgehead atoms. The van der Waals surface area contributed by atoms with E-state index in [9.17, 15) is 4.79 Å². The van der Waals surface area contributed by atoms with Crippen molar-refractivity contribution in [3.8, 4) is 0 Å². The van der Waals surface area contributed by atoms with Gasteiger partial charge in [-0.3, -0.25) is 4.79 Å². The minimum absolute atomic E-state index is 0.0278. The maximum absolute atomic E-state index is 11.9. The number of anilines is 3. The van der Waals surface area contributed by atoms with Crippen molar-refractivity contribution in [2.45, 2.75) is 25.8 Å². The van der Waals surface area contributed by atoms with Gasteiger partial charge in [-0.15, -0.1) is 5.10 Å². The number of aromatic nitrogens is 4. The van der Waals surface area contributed by atoms with Gasteiger partial charge < -0.3 is 15.5 Å². The molecule has 0 spiro atoms. The Morgan fingerprint density at radius 2 is 2.37 bits per heavy atom. The summed E-state index contributed by atoms with van der Waals surface area (Å²) >= 11 is 1.38. The second kappa shape index (κ2) is 7.36. The van der Waals surface area contributed by atoms with Gasteiger partial charge in [-0.25, -0.2) is 4.52 Å². The van der Waals surface area contributed by atoms with Gasteiger partial charge in [-0.05, 0) is 55.6 Å². The normalized spacial score (nSPS) is 17.1. The summed E-state index contributed by atoms with van der Waals surface area (Å²) in [6.07, 6.45) is 5.19. The lowest BCUT2D eigenvalue weighted by Gasteiger charge is -2.32. The third kappa shape index (κ3) is 3.77. The van der Waals surface area contributed by atoms with Crippen LogP contribution in [0.2, 0.25) is 0 Å². The average molecular weight is 383 g/mol. The molecule has 1 aliphatic rings. The Kier molecular flexibility index (Phi) is 4.76. The summed E-state index contributed by atoms with van der Waals surface area (Å²) in [5, 5.41) is 12.1. The van der Waals surface area contributed by atoms with E-state index in [2.05, 4.69) is 31.7 Å². The fraction of sp³-hybridized carbons (Fsp3) is 0.333. The molecule has 3 aromatic rings. The molecule has 1 saturated heterocycles. The number of aryl methyl sites for hydroxylation is 1. The highest BCUT2D eigenvalue weighted by atomic mass is 32.1. The molecule has 0 radical (unpaired) electrons. The molecule has 1 fully saturated rings. The van der Waals surface area contributed by atoms with Crippen molar-refractivity contribution in [3.05, 3.63) is 42.7 Å². The van der Waals surface area contributed by atoms with Crippen molar-refractivity contribution in [1.29, 1.82) is 0 Å². The molecule has 1 amide bonds. The zero-order chi connectivity index (χ0) is 18.8. The molecule has 2 N–H and O–H groups in total. The highest BCUT2D eigenvalue weighted by Crippen LogP contribution is 2.24. The van der Waals surface area contributed by atoms with Crippen molar-refractivity contribution in [2.75, 3.05) is 23.7 Å². The van der Waals surface area contributed by atoms with Crippen LogP contribution in [0.3, 0.4) is 0 Å². The quantitative estimate of drug-likeness (QED) is 0.659. The predicted octanol–water partition coefficient (Wildman–Crippen LogP) is 2.83. The molecule has 140 valence electrons. The van der Waals surface area contributed by atoms with E-state index in [1.807, 2.05) is 36.2 Å². The number of nitrogens with one attached hydrogen (secondary N) is 2. The van der Waals surface area contributed by atoms with Gasteiger partial charge in [-0.2, -0.15) is 9.36 Å². The predicted molar refractivity (Wildman–Crippen MR) is 107 cm³/mol. The maximum atomic E-state index is 11.9. The molecule has 8 nitrogen and oxygen atoms in total. The van der Waals surface area contributed by atoms with Crippen LogP contribution in [0.5, 0.6) is 0 Å². The number of amides is 1. The third-order valence-corrected chi connectivity index (χ3v) is 5.30. The topological polar surface area (TPSA) is 87.5 Å². The third-order valence-electron chi connectivity index (χ3n) is 4.50. The minimum atomic E-state index is -0.0278. The van der Waals surface area contributed by atoms with Gasteiger partial charge in [0.25, 0.3) is 0 Å². The summed E-state index contributed by atoms with van der Waals surface area (Å²) in [6.45, 7) is 6.94. The van der Waals surface area contributed by atoms with Crippen LogP contribution in [0.4, 0.5) is 16.8 Å². The number of fused-ring (bicyclic) bond motifs is 1. The first-order valence-corrected chi connectivity index (χ1v) is 9.63. The molecular weight excluding hydrogens is 362 g/mol. The van der Waals surface area contributed by atoms with E-state index in [0.29, 0.717) is 12.5 Å². The first-order valence-electron chi connectivity index (χ1n) is 8.86. The van der Waals surface area contributed by atoms with Crippen LogP contribution in [-0.2, 0) is 4.79 Å².